The van der Waals surface area contributed by atoms with Gasteiger partial charge in [-0.25, -0.2) is 8.42 Å². The highest BCUT2D eigenvalue weighted by Crippen LogP contribution is 2.24. The van der Waals surface area contributed by atoms with E-state index in [-0.39, 0.29) is 11.5 Å². The van der Waals surface area contributed by atoms with Gasteiger partial charge in [0.25, 0.3) is 0 Å². The van der Waals surface area contributed by atoms with E-state index >= 15 is 0 Å². The molecule has 15 heavy (non-hydrogen) atoms. The SMILES string of the molecule is CS(=O)(=O)Cc1cc2cccc(O)c2[nH]1. The van der Waals surface area contributed by atoms with Crippen LogP contribution in [-0.2, 0) is 15.6 Å². The fourth-order valence-corrected chi connectivity index (χ4v) is 2.28. The summed E-state index contributed by atoms with van der Waals surface area (Å²) in [5.41, 5.74) is 1.17. The van der Waals surface area contributed by atoms with Crippen LogP contribution in [0.25, 0.3) is 10.9 Å². The molecule has 0 bridgehead atoms. The van der Waals surface area contributed by atoms with Gasteiger partial charge < -0.3 is 10.1 Å². The first-order chi connectivity index (χ1) is 6.96. The van der Waals surface area contributed by atoms with Gasteiger partial charge in [0.1, 0.15) is 5.75 Å². The van der Waals surface area contributed by atoms with E-state index in [1.165, 1.54) is 6.26 Å². The first-order valence-electron chi connectivity index (χ1n) is 4.43. The summed E-state index contributed by atoms with van der Waals surface area (Å²) in [5, 5.41) is 10.3. The van der Waals surface area contributed by atoms with Gasteiger partial charge >= 0.3 is 0 Å². The molecular weight excluding hydrogens is 214 g/mol. The first-order valence-corrected chi connectivity index (χ1v) is 6.49. The van der Waals surface area contributed by atoms with Crippen LogP contribution in [0, 0.1) is 0 Å². The molecule has 0 amide bonds. The molecule has 0 saturated carbocycles. The lowest BCUT2D eigenvalue weighted by atomic mass is 10.2. The molecule has 0 radical (unpaired) electrons. The summed E-state index contributed by atoms with van der Waals surface area (Å²) in [6.45, 7) is 0. The van der Waals surface area contributed by atoms with E-state index in [0.29, 0.717) is 11.2 Å². The van der Waals surface area contributed by atoms with Gasteiger partial charge in [0.05, 0.1) is 11.3 Å². The number of aromatic amines is 1. The summed E-state index contributed by atoms with van der Waals surface area (Å²) in [6, 6.07) is 6.83. The van der Waals surface area contributed by atoms with Gasteiger partial charge in [-0.15, -0.1) is 0 Å². The number of benzene rings is 1. The summed E-state index contributed by atoms with van der Waals surface area (Å²) in [5.74, 6) is 0.0912. The molecule has 0 fully saturated rings. The van der Waals surface area contributed by atoms with Crippen LogP contribution in [0.15, 0.2) is 24.3 Å². The Morgan fingerprint density at radius 1 is 1.40 bits per heavy atom. The Hall–Kier alpha value is -1.49. The third kappa shape index (κ3) is 2.12. The maximum absolute atomic E-state index is 11.1. The van der Waals surface area contributed by atoms with Gasteiger partial charge in [-0.3, -0.25) is 0 Å². The Balaban J connectivity index is 2.53. The molecule has 0 spiro atoms. The molecule has 0 atom stereocenters. The predicted octanol–water partition coefficient (Wildman–Crippen LogP) is 1.42. The maximum atomic E-state index is 11.1. The topological polar surface area (TPSA) is 70.2 Å². The number of aromatic nitrogens is 1. The Morgan fingerprint density at radius 2 is 2.13 bits per heavy atom. The van der Waals surface area contributed by atoms with Crippen LogP contribution in [0.5, 0.6) is 5.75 Å². The molecule has 0 saturated heterocycles. The molecule has 5 heteroatoms. The summed E-state index contributed by atoms with van der Waals surface area (Å²) in [7, 11) is -3.05. The van der Waals surface area contributed by atoms with Crippen molar-refractivity contribution in [3.05, 3.63) is 30.0 Å². The maximum Gasteiger partial charge on any atom is 0.153 e. The second kappa shape index (κ2) is 3.27. The molecule has 2 rings (SSSR count). The summed E-state index contributed by atoms with van der Waals surface area (Å²) >= 11 is 0. The number of fused-ring (bicyclic) bond motifs is 1. The minimum absolute atomic E-state index is 0.0406. The number of H-pyrrole nitrogens is 1. The van der Waals surface area contributed by atoms with Crippen molar-refractivity contribution in [2.45, 2.75) is 5.75 Å². The number of rotatable bonds is 2. The van der Waals surface area contributed by atoms with E-state index in [0.717, 1.165) is 5.39 Å². The van der Waals surface area contributed by atoms with Crippen LogP contribution >= 0.6 is 0 Å². The van der Waals surface area contributed by atoms with E-state index in [1.54, 1.807) is 18.2 Å². The predicted molar refractivity (Wildman–Crippen MR) is 58.5 cm³/mol. The van der Waals surface area contributed by atoms with E-state index < -0.39 is 9.84 Å². The van der Waals surface area contributed by atoms with Crippen molar-refractivity contribution in [2.24, 2.45) is 0 Å². The van der Waals surface area contributed by atoms with Crippen LogP contribution in [0.2, 0.25) is 0 Å². The number of phenols is 1. The van der Waals surface area contributed by atoms with Gasteiger partial charge in [0.15, 0.2) is 9.84 Å². The number of hydrogen-bond acceptors (Lipinski definition) is 3. The number of aromatic hydroxyl groups is 1. The highest BCUT2D eigenvalue weighted by Gasteiger charge is 2.09. The van der Waals surface area contributed by atoms with Gasteiger partial charge in [-0.2, -0.15) is 0 Å². The molecule has 0 aliphatic heterocycles. The van der Waals surface area contributed by atoms with E-state index in [9.17, 15) is 13.5 Å². The first kappa shape index (κ1) is 10.0. The normalized spacial score (nSPS) is 12.1. The molecular formula is C10H11NO3S. The highest BCUT2D eigenvalue weighted by molar-refractivity contribution is 7.89. The van der Waals surface area contributed by atoms with Crippen LogP contribution < -0.4 is 0 Å². The minimum Gasteiger partial charge on any atom is -0.506 e. The fraction of sp³-hybridized carbons (Fsp3) is 0.200. The average molecular weight is 225 g/mol. The Kier molecular flexibility index (Phi) is 2.19. The lowest BCUT2D eigenvalue weighted by molar-refractivity contribution is 0.480. The standard InChI is InChI=1S/C10H11NO3S/c1-15(13,14)6-8-5-7-3-2-4-9(12)10(7)11-8/h2-5,11-12H,6H2,1H3. The summed E-state index contributed by atoms with van der Waals surface area (Å²) in [4.78, 5) is 2.89. The molecule has 4 nitrogen and oxygen atoms in total. The highest BCUT2D eigenvalue weighted by atomic mass is 32.2. The number of hydrogen-bond donors (Lipinski definition) is 2. The van der Waals surface area contributed by atoms with Gasteiger partial charge in [-0.05, 0) is 12.1 Å². The van der Waals surface area contributed by atoms with Crippen molar-refractivity contribution >= 4 is 20.7 Å². The van der Waals surface area contributed by atoms with Gasteiger partial charge in [0, 0.05) is 17.3 Å². The molecule has 2 aromatic rings. The zero-order valence-electron chi connectivity index (χ0n) is 8.19. The minimum atomic E-state index is -3.05. The molecule has 1 aromatic heterocycles. The van der Waals surface area contributed by atoms with E-state index in [4.69, 9.17) is 0 Å². The van der Waals surface area contributed by atoms with Crippen molar-refractivity contribution in [3.8, 4) is 5.75 Å². The van der Waals surface area contributed by atoms with Crippen LogP contribution in [-0.4, -0.2) is 24.8 Å². The quantitative estimate of drug-likeness (QED) is 0.812. The number of sulfone groups is 1. The van der Waals surface area contributed by atoms with Gasteiger partial charge in [0.2, 0.25) is 0 Å². The summed E-state index contributed by atoms with van der Waals surface area (Å²) < 4.78 is 22.2. The van der Waals surface area contributed by atoms with Crippen molar-refractivity contribution in [1.82, 2.24) is 4.98 Å². The number of para-hydroxylation sites is 1. The zero-order valence-corrected chi connectivity index (χ0v) is 9.00. The molecule has 1 aromatic carbocycles. The van der Waals surface area contributed by atoms with Crippen molar-refractivity contribution in [2.75, 3.05) is 6.26 Å². The lowest BCUT2D eigenvalue weighted by Gasteiger charge is -1.94. The van der Waals surface area contributed by atoms with Crippen LogP contribution in [0.3, 0.4) is 0 Å². The molecule has 1 heterocycles. The van der Waals surface area contributed by atoms with Crippen LogP contribution in [0.1, 0.15) is 5.69 Å². The Bertz CT molecular complexity index is 598. The number of phenolic OH excluding ortho intramolecular Hbond substituents is 1. The van der Waals surface area contributed by atoms with Crippen molar-refractivity contribution in [3.63, 3.8) is 0 Å². The molecule has 0 aliphatic rings. The van der Waals surface area contributed by atoms with Crippen molar-refractivity contribution in [1.29, 1.82) is 0 Å². The van der Waals surface area contributed by atoms with Crippen LogP contribution in [0.4, 0.5) is 0 Å². The largest absolute Gasteiger partial charge is 0.506 e. The fourth-order valence-electron chi connectivity index (χ4n) is 1.56. The molecule has 0 aliphatic carbocycles. The molecule has 80 valence electrons. The third-order valence-corrected chi connectivity index (χ3v) is 2.94. The molecule has 2 N–H and O–H groups in total. The smallest absolute Gasteiger partial charge is 0.153 e. The Labute approximate surface area is 87.5 Å². The lowest BCUT2D eigenvalue weighted by Crippen LogP contribution is -2.00. The second-order valence-electron chi connectivity index (χ2n) is 3.61. The van der Waals surface area contributed by atoms with Crippen molar-refractivity contribution < 1.29 is 13.5 Å². The van der Waals surface area contributed by atoms with Gasteiger partial charge in [-0.1, -0.05) is 12.1 Å². The third-order valence-electron chi connectivity index (χ3n) is 2.11. The van der Waals surface area contributed by atoms with E-state index in [1.807, 2.05) is 6.07 Å². The molecule has 0 unspecified atom stereocenters. The number of nitrogens with one attached hydrogen (secondary N) is 1. The Morgan fingerprint density at radius 3 is 2.73 bits per heavy atom. The average Bonchev–Trinajstić information content (AvgIpc) is 2.45. The zero-order chi connectivity index (χ0) is 11.1. The second-order valence-corrected chi connectivity index (χ2v) is 5.75. The van der Waals surface area contributed by atoms with E-state index in [2.05, 4.69) is 4.98 Å². The summed E-state index contributed by atoms with van der Waals surface area (Å²) in [6.07, 6.45) is 1.18. The monoisotopic (exact) mass is 225 g/mol.